The van der Waals surface area contributed by atoms with Crippen LogP contribution in [0.3, 0.4) is 0 Å². The van der Waals surface area contributed by atoms with Gasteiger partial charge in [0.05, 0.1) is 0 Å². The van der Waals surface area contributed by atoms with Gasteiger partial charge < -0.3 is 0 Å². The van der Waals surface area contributed by atoms with Crippen molar-refractivity contribution in [2.45, 2.75) is 46.0 Å². The maximum Gasteiger partial charge on any atom is -0.0269 e. The second-order valence-electron chi connectivity index (χ2n) is 3.25. The van der Waals surface area contributed by atoms with Crippen LogP contribution >= 0.6 is 0 Å². The molecule has 0 spiro atoms. The van der Waals surface area contributed by atoms with Gasteiger partial charge in [-0.25, -0.2) is 0 Å². The largest absolute Gasteiger partial charge is 0.0654 e. The van der Waals surface area contributed by atoms with Gasteiger partial charge in [-0.1, -0.05) is 26.7 Å². The molecule has 0 atom stereocenters. The third-order valence-electron chi connectivity index (χ3n) is 2.53. The van der Waals surface area contributed by atoms with Gasteiger partial charge in [-0.05, 0) is 31.1 Å². The first-order valence-electron chi connectivity index (χ1n) is 4.13. The van der Waals surface area contributed by atoms with Crippen molar-refractivity contribution in [2.24, 2.45) is 5.41 Å². The molecule has 0 amide bonds. The molecule has 9 heavy (non-hydrogen) atoms. The second-order valence-corrected chi connectivity index (χ2v) is 3.25. The minimum Gasteiger partial charge on any atom is -0.0654 e. The Hall–Kier alpha value is 0. The quantitative estimate of drug-likeness (QED) is 0.541. The molecular formula is C9H17. The van der Waals surface area contributed by atoms with Crippen LogP contribution in [-0.2, 0) is 0 Å². The number of unbranched alkanes of at least 4 members (excludes halogenated alkanes) is 1. The Balaban J connectivity index is 2.10. The van der Waals surface area contributed by atoms with Crippen LogP contribution in [0.2, 0.25) is 0 Å². The van der Waals surface area contributed by atoms with Gasteiger partial charge in [0.1, 0.15) is 0 Å². The standard InChI is InChI=1S/C9H17/c1-3-5-6-9(4-2)7-8-9/h4H,3,5-8H2,1-2H3. The fourth-order valence-corrected chi connectivity index (χ4v) is 1.37. The van der Waals surface area contributed by atoms with E-state index >= 15 is 0 Å². The van der Waals surface area contributed by atoms with Gasteiger partial charge in [-0.15, -0.1) is 0 Å². The summed E-state index contributed by atoms with van der Waals surface area (Å²) in [4.78, 5) is 0. The van der Waals surface area contributed by atoms with E-state index < -0.39 is 0 Å². The van der Waals surface area contributed by atoms with E-state index in [0.29, 0.717) is 0 Å². The third-order valence-corrected chi connectivity index (χ3v) is 2.53. The van der Waals surface area contributed by atoms with E-state index in [-0.39, 0.29) is 0 Å². The normalized spacial score (nSPS) is 22.0. The van der Waals surface area contributed by atoms with E-state index in [1.54, 1.807) is 0 Å². The highest BCUT2D eigenvalue weighted by Gasteiger charge is 2.39. The highest BCUT2D eigenvalue weighted by molar-refractivity contribution is 5.01. The van der Waals surface area contributed by atoms with Gasteiger partial charge in [-0.2, -0.15) is 0 Å². The van der Waals surface area contributed by atoms with Crippen LogP contribution in [0, 0.1) is 11.8 Å². The summed E-state index contributed by atoms with van der Waals surface area (Å²) in [6.45, 7) is 4.48. The Bertz CT molecular complexity index is 80.0. The van der Waals surface area contributed by atoms with Crippen LogP contribution in [0.4, 0.5) is 0 Å². The van der Waals surface area contributed by atoms with Gasteiger partial charge in [0.15, 0.2) is 0 Å². The Morgan fingerprint density at radius 1 is 1.44 bits per heavy atom. The lowest BCUT2D eigenvalue weighted by molar-refractivity contribution is 0.510. The Labute approximate surface area is 58.7 Å². The minimum atomic E-state index is 0.718. The lowest BCUT2D eigenvalue weighted by Crippen LogP contribution is -1.97. The fraction of sp³-hybridized carbons (Fsp3) is 0.889. The van der Waals surface area contributed by atoms with Gasteiger partial charge in [0.2, 0.25) is 0 Å². The molecule has 0 aliphatic heterocycles. The molecule has 53 valence electrons. The van der Waals surface area contributed by atoms with Crippen LogP contribution < -0.4 is 0 Å². The summed E-state index contributed by atoms with van der Waals surface area (Å²) in [5, 5.41) is 0. The van der Waals surface area contributed by atoms with E-state index in [4.69, 9.17) is 0 Å². The summed E-state index contributed by atoms with van der Waals surface area (Å²) in [7, 11) is 0. The molecule has 1 radical (unpaired) electrons. The smallest absolute Gasteiger partial charge is 0.0269 e. The molecule has 1 saturated carbocycles. The van der Waals surface area contributed by atoms with Crippen molar-refractivity contribution >= 4 is 0 Å². The third kappa shape index (κ3) is 1.70. The predicted octanol–water partition coefficient (Wildman–Crippen LogP) is 3.18. The lowest BCUT2D eigenvalue weighted by atomic mass is 9.97. The van der Waals surface area contributed by atoms with Crippen molar-refractivity contribution in [3.05, 3.63) is 6.42 Å². The molecule has 1 fully saturated rings. The first-order chi connectivity index (χ1) is 4.33. The molecule has 0 aromatic heterocycles. The monoisotopic (exact) mass is 125 g/mol. The SMILES string of the molecule is C[CH]C1(CCCC)CC1. The molecular weight excluding hydrogens is 108 g/mol. The van der Waals surface area contributed by atoms with Crippen molar-refractivity contribution in [1.29, 1.82) is 0 Å². The molecule has 0 bridgehead atoms. The van der Waals surface area contributed by atoms with E-state index in [1.165, 1.54) is 32.1 Å². The molecule has 0 aromatic carbocycles. The van der Waals surface area contributed by atoms with E-state index in [1.807, 2.05) is 0 Å². The molecule has 0 heteroatoms. The van der Waals surface area contributed by atoms with Gasteiger partial charge in [-0.3, -0.25) is 0 Å². The summed E-state index contributed by atoms with van der Waals surface area (Å²) in [5.74, 6) is 0. The Morgan fingerprint density at radius 3 is 2.44 bits per heavy atom. The van der Waals surface area contributed by atoms with Crippen molar-refractivity contribution in [3.63, 3.8) is 0 Å². The molecule has 0 N–H and O–H groups in total. The Kier molecular flexibility index (Phi) is 2.15. The van der Waals surface area contributed by atoms with Crippen molar-refractivity contribution < 1.29 is 0 Å². The predicted molar refractivity (Wildman–Crippen MR) is 41.2 cm³/mol. The molecule has 0 aromatic rings. The Morgan fingerprint density at radius 2 is 2.11 bits per heavy atom. The molecule has 0 unspecified atom stereocenters. The van der Waals surface area contributed by atoms with E-state index in [2.05, 4.69) is 20.3 Å². The zero-order chi connectivity index (χ0) is 6.74. The highest BCUT2D eigenvalue weighted by atomic mass is 14.4. The van der Waals surface area contributed by atoms with Gasteiger partial charge in [0, 0.05) is 0 Å². The fourth-order valence-electron chi connectivity index (χ4n) is 1.37. The lowest BCUT2D eigenvalue weighted by Gasteiger charge is -2.09. The summed E-state index contributed by atoms with van der Waals surface area (Å²) in [6.07, 6.45) is 9.55. The maximum absolute atomic E-state index is 2.41. The molecule has 0 saturated heterocycles. The van der Waals surface area contributed by atoms with Gasteiger partial charge >= 0.3 is 0 Å². The van der Waals surface area contributed by atoms with Crippen LogP contribution in [0.15, 0.2) is 0 Å². The van der Waals surface area contributed by atoms with Crippen LogP contribution in [0.25, 0.3) is 0 Å². The first-order valence-corrected chi connectivity index (χ1v) is 4.13. The molecule has 1 rings (SSSR count). The van der Waals surface area contributed by atoms with Crippen molar-refractivity contribution in [1.82, 2.24) is 0 Å². The molecule has 1 aliphatic carbocycles. The molecule has 0 nitrogen and oxygen atoms in total. The average molecular weight is 125 g/mol. The highest BCUT2D eigenvalue weighted by Crippen LogP contribution is 2.51. The maximum atomic E-state index is 2.41. The summed E-state index contributed by atoms with van der Waals surface area (Å²) >= 11 is 0. The van der Waals surface area contributed by atoms with Crippen LogP contribution in [-0.4, -0.2) is 0 Å². The van der Waals surface area contributed by atoms with Crippen molar-refractivity contribution in [3.8, 4) is 0 Å². The zero-order valence-corrected chi connectivity index (χ0v) is 6.61. The topological polar surface area (TPSA) is 0 Å². The summed E-state index contributed by atoms with van der Waals surface area (Å²) in [6, 6.07) is 0. The van der Waals surface area contributed by atoms with Crippen LogP contribution in [0.5, 0.6) is 0 Å². The average Bonchev–Trinajstić information content (AvgIpc) is 2.65. The zero-order valence-electron chi connectivity index (χ0n) is 6.61. The van der Waals surface area contributed by atoms with Crippen LogP contribution in [0.1, 0.15) is 46.0 Å². The second kappa shape index (κ2) is 2.72. The summed E-state index contributed by atoms with van der Waals surface area (Å²) < 4.78 is 0. The number of hydrogen-bond acceptors (Lipinski definition) is 0. The molecule has 0 heterocycles. The molecule has 1 aliphatic rings. The number of rotatable bonds is 4. The van der Waals surface area contributed by atoms with Gasteiger partial charge in [0.25, 0.3) is 0 Å². The first kappa shape index (κ1) is 7.11. The van der Waals surface area contributed by atoms with Crippen molar-refractivity contribution in [2.75, 3.05) is 0 Å². The van der Waals surface area contributed by atoms with E-state index in [0.717, 1.165) is 5.41 Å². The number of hydrogen-bond donors (Lipinski definition) is 0. The minimum absolute atomic E-state index is 0.718. The summed E-state index contributed by atoms with van der Waals surface area (Å²) in [5.41, 5.74) is 0.718. The van der Waals surface area contributed by atoms with E-state index in [9.17, 15) is 0 Å².